The van der Waals surface area contributed by atoms with Crippen LogP contribution < -0.4 is 5.73 Å². The molecule has 3 N–H and O–H groups in total. The molecule has 0 saturated heterocycles. The monoisotopic (exact) mass is 242 g/mol. The van der Waals surface area contributed by atoms with Gasteiger partial charge in [-0.25, -0.2) is 0 Å². The van der Waals surface area contributed by atoms with E-state index in [1.807, 2.05) is 42.8 Å². The SMILES string of the molecule is NC(=O)c1c(C[CH]CCO)ccc2ccccc12. The average Bonchev–Trinajstić information content (AvgIpc) is 2.38. The van der Waals surface area contributed by atoms with Gasteiger partial charge < -0.3 is 10.8 Å². The maximum absolute atomic E-state index is 11.6. The lowest BCUT2D eigenvalue weighted by Gasteiger charge is -2.10. The van der Waals surface area contributed by atoms with Crippen molar-refractivity contribution in [2.45, 2.75) is 12.8 Å². The number of hydrogen-bond acceptors (Lipinski definition) is 2. The molecule has 2 rings (SSSR count). The molecule has 0 unspecified atom stereocenters. The lowest BCUT2D eigenvalue weighted by molar-refractivity contribution is 0.100. The first-order valence-corrected chi connectivity index (χ1v) is 5.97. The van der Waals surface area contributed by atoms with Gasteiger partial charge in [-0.2, -0.15) is 0 Å². The van der Waals surface area contributed by atoms with Crippen LogP contribution in [-0.2, 0) is 6.42 Å². The number of aliphatic hydroxyl groups excluding tert-OH is 1. The zero-order valence-corrected chi connectivity index (χ0v) is 10.1. The van der Waals surface area contributed by atoms with Gasteiger partial charge in [0.15, 0.2) is 0 Å². The third-order valence-corrected chi connectivity index (χ3v) is 2.96. The Labute approximate surface area is 106 Å². The third-order valence-electron chi connectivity index (χ3n) is 2.96. The van der Waals surface area contributed by atoms with Crippen molar-refractivity contribution in [1.82, 2.24) is 0 Å². The van der Waals surface area contributed by atoms with E-state index in [0.717, 1.165) is 16.3 Å². The first kappa shape index (κ1) is 12.6. The van der Waals surface area contributed by atoms with E-state index < -0.39 is 5.91 Å². The van der Waals surface area contributed by atoms with E-state index in [1.165, 1.54) is 0 Å². The molecule has 0 aliphatic rings. The fourth-order valence-corrected chi connectivity index (χ4v) is 2.13. The van der Waals surface area contributed by atoms with E-state index in [4.69, 9.17) is 10.8 Å². The Morgan fingerprint density at radius 3 is 2.72 bits per heavy atom. The van der Waals surface area contributed by atoms with E-state index in [0.29, 0.717) is 18.4 Å². The molecular weight excluding hydrogens is 226 g/mol. The van der Waals surface area contributed by atoms with E-state index in [-0.39, 0.29) is 6.61 Å². The summed E-state index contributed by atoms with van der Waals surface area (Å²) in [5, 5.41) is 10.7. The van der Waals surface area contributed by atoms with Gasteiger partial charge in [-0.1, -0.05) is 36.4 Å². The van der Waals surface area contributed by atoms with Crippen LogP contribution in [0.5, 0.6) is 0 Å². The van der Waals surface area contributed by atoms with Crippen LogP contribution in [0, 0.1) is 6.42 Å². The molecule has 0 fully saturated rings. The Balaban J connectivity index is 2.46. The Morgan fingerprint density at radius 1 is 1.22 bits per heavy atom. The lowest BCUT2D eigenvalue weighted by atomic mass is 9.95. The molecular formula is C15H16NO2. The number of fused-ring (bicyclic) bond motifs is 1. The second-order valence-corrected chi connectivity index (χ2v) is 4.19. The minimum atomic E-state index is -0.404. The minimum absolute atomic E-state index is 0.124. The van der Waals surface area contributed by atoms with Crippen molar-refractivity contribution in [3.63, 3.8) is 0 Å². The summed E-state index contributed by atoms with van der Waals surface area (Å²) in [5.41, 5.74) is 6.98. The molecule has 1 radical (unpaired) electrons. The number of rotatable bonds is 5. The molecule has 93 valence electrons. The smallest absolute Gasteiger partial charge is 0.249 e. The zero-order chi connectivity index (χ0) is 13.0. The number of unbranched alkanes of at least 4 members (excludes halogenated alkanes) is 1. The molecule has 2 aromatic rings. The topological polar surface area (TPSA) is 63.3 Å². The Kier molecular flexibility index (Phi) is 3.95. The number of aliphatic hydroxyl groups is 1. The fourth-order valence-electron chi connectivity index (χ4n) is 2.13. The molecule has 0 heterocycles. The quantitative estimate of drug-likeness (QED) is 0.788. The van der Waals surface area contributed by atoms with Crippen molar-refractivity contribution in [2.75, 3.05) is 6.61 Å². The highest BCUT2D eigenvalue weighted by molar-refractivity contribution is 6.07. The summed E-state index contributed by atoms with van der Waals surface area (Å²) < 4.78 is 0. The van der Waals surface area contributed by atoms with E-state index in [9.17, 15) is 4.79 Å². The predicted octanol–water partition coefficient (Wildman–Crippen LogP) is 2.07. The van der Waals surface area contributed by atoms with Gasteiger partial charge in [-0.3, -0.25) is 4.79 Å². The highest BCUT2D eigenvalue weighted by Gasteiger charge is 2.12. The fraction of sp³-hybridized carbons (Fsp3) is 0.200. The van der Waals surface area contributed by atoms with E-state index in [1.54, 1.807) is 0 Å². The lowest BCUT2D eigenvalue weighted by Crippen LogP contribution is -2.14. The number of carbonyl (C=O) groups is 1. The van der Waals surface area contributed by atoms with Crippen LogP contribution >= 0.6 is 0 Å². The number of benzene rings is 2. The van der Waals surface area contributed by atoms with Gasteiger partial charge in [-0.05, 0) is 35.6 Å². The molecule has 18 heavy (non-hydrogen) atoms. The summed E-state index contributed by atoms with van der Waals surface area (Å²) in [7, 11) is 0. The largest absolute Gasteiger partial charge is 0.396 e. The normalized spacial score (nSPS) is 10.7. The molecule has 0 bridgehead atoms. The summed E-state index contributed by atoms with van der Waals surface area (Å²) in [6.07, 6.45) is 3.21. The van der Waals surface area contributed by atoms with E-state index >= 15 is 0 Å². The first-order chi connectivity index (χ1) is 8.74. The summed E-state index contributed by atoms with van der Waals surface area (Å²) in [5.74, 6) is -0.404. The highest BCUT2D eigenvalue weighted by Crippen LogP contribution is 2.23. The molecule has 0 spiro atoms. The van der Waals surface area contributed by atoms with Crippen LogP contribution in [-0.4, -0.2) is 17.6 Å². The van der Waals surface area contributed by atoms with Gasteiger partial charge in [0.2, 0.25) is 5.91 Å². The van der Waals surface area contributed by atoms with Crippen LogP contribution in [0.1, 0.15) is 22.3 Å². The Morgan fingerprint density at radius 2 is 2.00 bits per heavy atom. The summed E-state index contributed by atoms with van der Waals surface area (Å²) in [4.78, 5) is 11.6. The molecule has 1 amide bonds. The first-order valence-electron chi connectivity index (χ1n) is 5.97. The van der Waals surface area contributed by atoms with E-state index in [2.05, 4.69) is 0 Å². The number of primary amides is 1. The minimum Gasteiger partial charge on any atom is -0.396 e. The maximum Gasteiger partial charge on any atom is 0.249 e. The van der Waals surface area contributed by atoms with Crippen molar-refractivity contribution in [3.05, 3.63) is 53.9 Å². The average molecular weight is 242 g/mol. The summed E-state index contributed by atoms with van der Waals surface area (Å²) >= 11 is 0. The molecule has 0 aliphatic heterocycles. The van der Waals surface area contributed by atoms with Crippen LogP contribution in [0.3, 0.4) is 0 Å². The molecule has 2 aromatic carbocycles. The zero-order valence-electron chi connectivity index (χ0n) is 10.1. The van der Waals surface area contributed by atoms with Crippen LogP contribution in [0.25, 0.3) is 10.8 Å². The van der Waals surface area contributed by atoms with Crippen molar-refractivity contribution >= 4 is 16.7 Å². The van der Waals surface area contributed by atoms with Crippen LogP contribution in [0.2, 0.25) is 0 Å². The highest BCUT2D eigenvalue weighted by atomic mass is 16.2. The Bertz CT molecular complexity index is 563. The van der Waals surface area contributed by atoms with Crippen molar-refractivity contribution in [3.8, 4) is 0 Å². The third kappa shape index (κ3) is 2.51. The molecule has 3 nitrogen and oxygen atoms in total. The van der Waals surface area contributed by atoms with Crippen LogP contribution in [0.4, 0.5) is 0 Å². The summed E-state index contributed by atoms with van der Waals surface area (Å²) in [6, 6.07) is 11.6. The Hall–Kier alpha value is -1.87. The number of amides is 1. The summed E-state index contributed by atoms with van der Waals surface area (Å²) in [6.45, 7) is 0.124. The molecule has 0 saturated carbocycles. The van der Waals surface area contributed by atoms with Gasteiger partial charge in [0.05, 0.1) is 5.56 Å². The number of nitrogens with two attached hydrogens (primary N) is 1. The van der Waals surface area contributed by atoms with Crippen LogP contribution in [0.15, 0.2) is 36.4 Å². The number of hydrogen-bond donors (Lipinski definition) is 2. The second-order valence-electron chi connectivity index (χ2n) is 4.19. The van der Waals surface area contributed by atoms with Crippen molar-refractivity contribution in [1.29, 1.82) is 0 Å². The van der Waals surface area contributed by atoms with Crippen molar-refractivity contribution in [2.24, 2.45) is 5.73 Å². The van der Waals surface area contributed by atoms with Gasteiger partial charge in [0.25, 0.3) is 0 Å². The predicted molar refractivity (Wildman–Crippen MR) is 72.2 cm³/mol. The maximum atomic E-state index is 11.6. The van der Waals surface area contributed by atoms with Gasteiger partial charge in [0.1, 0.15) is 0 Å². The number of carbonyl (C=O) groups excluding carboxylic acids is 1. The molecule has 0 aliphatic carbocycles. The molecule has 3 heteroatoms. The van der Waals surface area contributed by atoms with Gasteiger partial charge in [0, 0.05) is 6.61 Å². The second kappa shape index (κ2) is 5.65. The molecule has 0 atom stereocenters. The van der Waals surface area contributed by atoms with Crippen molar-refractivity contribution < 1.29 is 9.90 Å². The standard InChI is InChI=1S/C15H16NO2/c16-15(18)14-12(6-3-4-10-17)9-8-11-5-1-2-7-13(11)14/h1-3,5,7-9,17H,4,6,10H2,(H2,16,18). The van der Waals surface area contributed by atoms with Gasteiger partial charge >= 0.3 is 0 Å². The molecule has 0 aromatic heterocycles. The van der Waals surface area contributed by atoms with Gasteiger partial charge in [-0.15, -0.1) is 0 Å².